The van der Waals surface area contributed by atoms with Crippen molar-refractivity contribution in [2.75, 3.05) is 12.4 Å². The number of hydrogen-bond acceptors (Lipinski definition) is 7. The lowest BCUT2D eigenvalue weighted by Crippen LogP contribution is -2.29. The molecular formula is C24H21FN6O4S. The number of halogens is 1. The van der Waals surface area contributed by atoms with Crippen molar-refractivity contribution in [1.82, 2.24) is 20.1 Å². The number of urea groups is 1. The Labute approximate surface area is 209 Å². The summed E-state index contributed by atoms with van der Waals surface area (Å²) in [4.78, 5) is 23.0. The minimum Gasteiger partial charge on any atom is -0.497 e. The molecule has 1 aromatic heterocycles. The van der Waals surface area contributed by atoms with E-state index in [1.807, 2.05) is 0 Å². The van der Waals surface area contributed by atoms with Crippen molar-refractivity contribution in [1.29, 1.82) is 0 Å². The van der Waals surface area contributed by atoms with Gasteiger partial charge in [-0.05, 0) is 54.1 Å². The zero-order valence-electron chi connectivity index (χ0n) is 19.1. The second-order valence-corrected chi connectivity index (χ2v) is 8.40. The van der Waals surface area contributed by atoms with Crippen molar-refractivity contribution in [3.8, 4) is 11.4 Å². The van der Waals surface area contributed by atoms with Gasteiger partial charge in [0.1, 0.15) is 11.6 Å². The number of carbonyl (C=O) groups is 1. The number of methoxy groups -OCH3 is 1. The van der Waals surface area contributed by atoms with Crippen LogP contribution in [-0.2, 0) is 12.3 Å². The molecule has 1 heterocycles. The average Bonchev–Trinajstić information content (AvgIpc) is 3.30. The van der Waals surface area contributed by atoms with Gasteiger partial charge < -0.3 is 15.4 Å². The first-order chi connectivity index (χ1) is 17.4. The highest BCUT2D eigenvalue weighted by Gasteiger charge is 2.17. The SMILES string of the molecule is COc1ccc(NC(=O)NCc2nnc(SCc3ccc(F)cc3)n2-c2ccc([N+](=O)[O-])cc2)cc1. The molecule has 184 valence electrons. The summed E-state index contributed by atoms with van der Waals surface area (Å²) in [6, 6.07) is 18.5. The van der Waals surface area contributed by atoms with Crippen molar-refractivity contribution >= 4 is 29.2 Å². The summed E-state index contributed by atoms with van der Waals surface area (Å²) >= 11 is 1.37. The van der Waals surface area contributed by atoms with Crippen LogP contribution in [-0.4, -0.2) is 32.8 Å². The van der Waals surface area contributed by atoms with Gasteiger partial charge in [-0.1, -0.05) is 23.9 Å². The number of nitro groups is 1. The van der Waals surface area contributed by atoms with Crippen LogP contribution in [0.25, 0.3) is 5.69 Å². The molecule has 0 saturated carbocycles. The number of thioether (sulfide) groups is 1. The molecule has 0 aliphatic heterocycles. The third kappa shape index (κ3) is 6.16. The van der Waals surface area contributed by atoms with Gasteiger partial charge in [0, 0.05) is 29.3 Å². The van der Waals surface area contributed by atoms with Gasteiger partial charge in [0.15, 0.2) is 11.0 Å². The number of hydrogen-bond donors (Lipinski definition) is 2. The van der Waals surface area contributed by atoms with Crippen LogP contribution < -0.4 is 15.4 Å². The number of aromatic nitrogens is 3. The molecule has 0 aliphatic carbocycles. The van der Waals surface area contributed by atoms with Gasteiger partial charge in [0.2, 0.25) is 0 Å². The van der Waals surface area contributed by atoms with Crippen LogP contribution >= 0.6 is 11.8 Å². The molecule has 0 unspecified atom stereocenters. The summed E-state index contributed by atoms with van der Waals surface area (Å²) < 4.78 is 20.0. The molecule has 2 amide bonds. The van der Waals surface area contributed by atoms with Crippen LogP contribution in [0.2, 0.25) is 0 Å². The molecule has 10 nitrogen and oxygen atoms in total. The van der Waals surface area contributed by atoms with Crippen molar-refractivity contribution in [2.45, 2.75) is 17.5 Å². The van der Waals surface area contributed by atoms with E-state index in [0.717, 1.165) is 5.56 Å². The molecule has 2 N–H and O–H groups in total. The minimum atomic E-state index is -0.480. The van der Waals surface area contributed by atoms with Crippen LogP contribution in [0.1, 0.15) is 11.4 Å². The standard InChI is InChI=1S/C24H21FN6O4S/c1-35-21-12-6-18(7-13-21)27-23(32)26-14-22-28-29-24(36-15-16-2-4-17(25)5-3-16)30(22)19-8-10-20(11-9-19)31(33)34/h2-13H,14-15H2,1H3,(H2,26,27,32). The van der Waals surface area contributed by atoms with Gasteiger partial charge in [0.05, 0.1) is 18.6 Å². The van der Waals surface area contributed by atoms with Crippen LogP contribution in [0.3, 0.4) is 0 Å². The Morgan fingerprint density at radius 3 is 2.39 bits per heavy atom. The number of anilines is 1. The second-order valence-electron chi connectivity index (χ2n) is 7.46. The van der Waals surface area contributed by atoms with E-state index in [2.05, 4.69) is 20.8 Å². The number of non-ortho nitro benzene ring substituents is 1. The number of nitrogens with one attached hydrogen (secondary N) is 2. The van der Waals surface area contributed by atoms with Gasteiger partial charge in [-0.3, -0.25) is 14.7 Å². The van der Waals surface area contributed by atoms with Crippen molar-refractivity contribution in [3.05, 3.63) is 100 Å². The van der Waals surface area contributed by atoms with E-state index in [1.54, 1.807) is 60.2 Å². The molecule has 3 aromatic carbocycles. The Balaban J connectivity index is 1.51. The zero-order valence-corrected chi connectivity index (χ0v) is 19.9. The maximum absolute atomic E-state index is 13.2. The highest BCUT2D eigenvalue weighted by molar-refractivity contribution is 7.98. The van der Waals surface area contributed by atoms with E-state index in [9.17, 15) is 19.3 Å². The number of nitro benzene ring substituents is 1. The summed E-state index contributed by atoms with van der Waals surface area (Å²) in [6.45, 7) is 0.0447. The average molecular weight is 509 g/mol. The number of nitrogens with zero attached hydrogens (tertiary/aromatic N) is 4. The Bertz CT molecular complexity index is 1340. The van der Waals surface area contributed by atoms with Gasteiger partial charge in [-0.25, -0.2) is 9.18 Å². The largest absolute Gasteiger partial charge is 0.497 e. The quantitative estimate of drug-likeness (QED) is 0.186. The van der Waals surface area contributed by atoms with Gasteiger partial charge in [-0.2, -0.15) is 0 Å². The summed E-state index contributed by atoms with van der Waals surface area (Å²) in [5.74, 6) is 1.27. The Hall–Kier alpha value is -4.45. The molecule has 0 saturated heterocycles. The Kier molecular flexibility index (Phi) is 7.75. The molecule has 0 radical (unpaired) electrons. The molecular weight excluding hydrogens is 487 g/mol. The van der Waals surface area contributed by atoms with E-state index >= 15 is 0 Å². The van der Waals surface area contributed by atoms with E-state index in [1.165, 1.54) is 36.0 Å². The molecule has 36 heavy (non-hydrogen) atoms. The van der Waals surface area contributed by atoms with E-state index in [0.29, 0.717) is 33.9 Å². The predicted molar refractivity (Wildman–Crippen MR) is 133 cm³/mol. The maximum Gasteiger partial charge on any atom is 0.319 e. The third-order valence-electron chi connectivity index (χ3n) is 5.06. The second kappa shape index (κ2) is 11.3. The molecule has 4 rings (SSSR count). The van der Waals surface area contributed by atoms with Crippen LogP contribution in [0.4, 0.5) is 20.6 Å². The lowest BCUT2D eigenvalue weighted by Gasteiger charge is -2.12. The summed E-state index contributed by atoms with van der Waals surface area (Å²) in [7, 11) is 1.56. The van der Waals surface area contributed by atoms with Gasteiger partial charge in [-0.15, -0.1) is 10.2 Å². The summed E-state index contributed by atoms with van der Waals surface area (Å²) in [5.41, 5.74) is 2.02. The number of ether oxygens (including phenoxy) is 1. The maximum atomic E-state index is 13.2. The Morgan fingerprint density at radius 1 is 1.06 bits per heavy atom. The smallest absolute Gasteiger partial charge is 0.319 e. The Morgan fingerprint density at radius 2 is 1.75 bits per heavy atom. The van der Waals surface area contributed by atoms with E-state index in [4.69, 9.17) is 4.74 Å². The van der Waals surface area contributed by atoms with Crippen molar-refractivity contribution in [3.63, 3.8) is 0 Å². The molecule has 4 aromatic rings. The topological polar surface area (TPSA) is 124 Å². The molecule has 0 bridgehead atoms. The molecule has 0 atom stereocenters. The first-order valence-corrected chi connectivity index (χ1v) is 11.7. The van der Waals surface area contributed by atoms with Gasteiger partial charge >= 0.3 is 6.03 Å². The molecule has 12 heteroatoms. The number of rotatable bonds is 9. The first kappa shape index (κ1) is 24.7. The van der Waals surface area contributed by atoms with Crippen LogP contribution in [0.15, 0.2) is 78.0 Å². The monoisotopic (exact) mass is 508 g/mol. The lowest BCUT2D eigenvalue weighted by molar-refractivity contribution is -0.384. The van der Waals surface area contributed by atoms with Gasteiger partial charge in [0.25, 0.3) is 5.69 Å². The first-order valence-electron chi connectivity index (χ1n) is 10.7. The number of carbonyl (C=O) groups excluding carboxylic acids is 1. The number of benzene rings is 3. The minimum absolute atomic E-state index is 0.0447. The fourth-order valence-electron chi connectivity index (χ4n) is 3.23. The zero-order chi connectivity index (χ0) is 25.5. The highest BCUT2D eigenvalue weighted by Crippen LogP contribution is 2.26. The van der Waals surface area contributed by atoms with E-state index < -0.39 is 11.0 Å². The summed E-state index contributed by atoms with van der Waals surface area (Å²) in [5, 5.41) is 25.5. The third-order valence-corrected chi connectivity index (χ3v) is 6.06. The summed E-state index contributed by atoms with van der Waals surface area (Å²) in [6.07, 6.45) is 0. The number of amides is 2. The van der Waals surface area contributed by atoms with Crippen LogP contribution in [0, 0.1) is 15.9 Å². The van der Waals surface area contributed by atoms with Crippen LogP contribution in [0.5, 0.6) is 5.75 Å². The molecule has 0 fully saturated rings. The molecule has 0 aliphatic rings. The lowest BCUT2D eigenvalue weighted by atomic mass is 10.2. The fraction of sp³-hybridized carbons (Fsp3) is 0.125. The van der Waals surface area contributed by atoms with E-state index in [-0.39, 0.29) is 18.0 Å². The normalized spacial score (nSPS) is 10.6. The molecule has 0 spiro atoms. The van der Waals surface area contributed by atoms with Crippen molar-refractivity contribution < 1.29 is 18.8 Å². The predicted octanol–water partition coefficient (Wildman–Crippen LogP) is 4.94. The fourth-order valence-corrected chi connectivity index (χ4v) is 4.16. The van der Waals surface area contributed by atoms with Crippen molar-refractivity contribution in [2.24, 2.45) is 0 Å². The highest BCUT2D eigenvalue weighted by atomic mass is 32.2.